The predicted octanol–water partition coefficient (Wildman–Crippen LogP) is 16.9. The summed E-state index contributed by atoms with van der Waals surface area (Å²) in [6.07, 6.45) is 4.42. The van der Waals surface area contributed by atoms with Gasteiger partial charge in [0.15, 0.2) is 0 Å². The standard InChI is InChI=1S/4C15H16/c4*1-3-13-6-10-15(11-7-13)14-8-4-12(2)5-9-14/h4*4-11H,3H2,1-2H3. The lowest BCUT2D eigenvalue weighted by Gasteiger charge is -2.03. The van der Waals surface area contributed by atoms with Crippen LogP contribution in [0.1, 0.15) is 72.2 Å². The Kier molecular flexibility index (Phi) is 17.5. The van der Waals surface area contributed by atoms with E-state index >= 15 is 0 Å². The average Bonchev–Trinajstić information content (AvgIpc) is 3.31. The van der Waals surface area contributed by atoms with Gasteiger partial charge in [0.25, 0.3) is 0 Å². The van der Waals surface area contributed by atoms with Gasteiger partial charge in [0.05, 0.1) is 0 Å². The summed E-state index contributed by atoms with van der Waals surface area (Å²) in [5.74, 6) is 0. The molecule has 8 aromatic rings. The van der Waals surface area contributed by atoms with E-state index < -0.39 is 0 Å². The smallest absolute Gasteiger partial charge is 0.0184 e. The highest BCUT2D eigenvalue weighted by Gasteiger charge is 2.00. The summed E-state index contributed by atoms with van der Waals surface area (Å²) in [6, 6.07) is 69.9. The van der Waals surface area contributed by atoms with Gasteiger partial charge in [-0.1, -0.05) is 244 Å². The maximum absolute atomic E-state index is 2.20. The van der Waals surface area contributed by atoms with Crippen LogP contribution >= 0.6 is 0 Å². The Balaban J connectivity index is 0.000000152. The minimum Gasteiger partial charge on any atom is -0.0613 e. The van der Waals surface area contributed by atoms with Crippen molar-refractivity contribution in [2.75, 3.05) is 0 Å². The lowest BCUT2D eigenvalue weighted by molar-refractivity contribution is 1.14. The highest BCUT2D eigenvalue weighted by molar-refractivity contribution is 5.66. The number of benzene rings is 8. The molecule has 0 spiro atoms. The van der Waals surface area contributed by atoms with Gasteiger partial charge in [-0.15, -0.1) is 0 Å². The topological polar surface area (TPSA) is 0 Å². The fourth-order valence-electron chi connectivity index (χ4n) is 6.72. The minimum absolute atomic E-state index is 1.11. The molecule has 60 heavy (non-hydrogen) atoms. The Bertz CT molecular complexity index is 2040. The van der Waals surface area contributed by atoms with Gasteiger partial charge in [-0.25, -0.2) is 0 Å². The van der Waals surface area contributed by atoms with Crippen molar-refractivity contribution in [3.8, 4) is 44.5 Å². The molecule has 0 aliphatic rings. The molecule has 0 N–H and O–H groups in total. The molecule has 0 heteroatoms. The molecule has 0 aliphatic carbocycles. The molecule has 0 aromatic heterocycles. The van der Waals surface area contributed by atoms with E-state index in [0.29, 0.717) is 0 Å². The summed E-state index contributed by atoms with van der Waals surface area (Å²) in [4.78, 5) is 0. The summed E-state index contributed by atoms with van der Waals surface area (Å²) in [6.45, 7) is 17.2. The van der Waals surface area contributed by atoms with Gasteiger partial charge in [-0.2, -0.15) is 0 Å². The van der Waals surface area contributed by atoms with Crippen molar-refractivity contribution >= 4 is 0 Å². The Morgan fingerprint density at radius 2 is 0.300 bits per heavy atom. The molecule has 8 aromatic carbocycles. The van der Waals surface area contributed by atoms with Crippen LogP contribution in [-0.4, -0.2) is 0 Å². The molecule has 0 saturated carbocycles. The van der Waals surface area contributed by atoms with Gasteiger partial charge >= 0.3 is 0 Å². The average molecular weight is 785 g/mol. The summed E-state index contributed by atoms with van der Waals surface area (Å²) in [5, 5.41) is 0. The largest absolute Gasteiger partial charge is 0.0613 e. The van der Waals surface area contributed by atoms with Crippen molar-refractivity contribution in [1.82, 2.24) is 0 Å². The first-order valence-corrected chi connectivity index (χ1v) is 21.8. The van der Waals surface area contributed by atoms with Crippen LogP contribution in [0, 0.1) is 27.7 Å². The van der Waals surface area contributed by atoms with Crippen LogP contribution < -0.4 is 0 Å². The second-order valence-electron chi connectivity index (χ2n) is 15.7. The van der Waals surface area contributed by atoms with Gasteiger partial charge in [0.1, 0.15) is 0 Å². The lowest BCUT2D eigenvalue weighted by atomic mass is 10.0. The zero-order valence-electron chi connectivity index (χ0n) is 37.3. The van der Waals surface area contributed by atoms with Crippen LogP contribution in [0.2, 0.25) is 0 Å². The summed E-state index contributed by atoms with van der Waals surface area (Å²) in [7, 11) is 0. The van der Waals surface area contributed by atoms with E-state index in [9.17, 15) is 0 Å². The second kappa shape index (κ2) is 23.4. The molecule has 0 nitrogen and oxygen atoms in total. The van der Waals surface area contributed by atoms with Crippen LogP contribution in [0.3, 0.4) is 0 Å². The first-order chi connectivity index (χ1) is 29.2. The molecular formula is C60H64. The van der Waals surface area contributed by atoms with E-state index in [0.717, 1.165) is 25.7 Å². The normalized spacial score (nSPS) is 10.3. The highest BCUT2D eigenvalue weighted by Crippen LogP contribution is 2.23. The summed E-state index contributed by atoms with van der Waals surface area (Å²) in [5.41, 5.74) is 21.2. The maximum Gasteiger partial charge on any atom is -0.0184 e. The minimum atomic E-state index is 1.11. The van der Waals surface area contributed by atoms with Gasteiger partial charge in [0.2, 0.25) is 0 Å². The Hall–Kier alpha value is -6.24. The molecule has 0 aliphatic heterocycles. The molecule has 0 bridgehead atoms. The van der Waals surface area contributed by atoms with Crippen molar-refractivity contribution in [2.45, 2.75) is 81.1 Å². The van der Waals surface area contributed by atoms with Crippen molar-refractivity contribution in [3.05, 3.63) is 239 Å². The molecule has 0 unspecified atom stereocenters. The van der Waals surface area contributed by atoms with Gasteiger partial charge in [-0.3, -0.25) is 0 Å². The summed E-state index contributed by atoms with van der Waals surface area (Å²) >= 11 is 0. The van der Waals surface area contributed by atoms with E-state index in [1.165, 1.54) is 89.0 Å². The SMILES string of the molecule is CCc1ccc(-c2ccc(C)cc2)cc1.CCc1ccc(-c2ccc(C)cc2)cc1.CCc1ccc(-c2ccc(C)cc2)cc1.CCc1ccc(-c2ccc(C)cc2)cc1. The quantitative estimate of drug-likeness (QED) is 0.144. The van der Waals surface area contributed by atoms with Gasteiger partial charge in [-0.05, 0) is 120 Å². The first kappa shape index (κ1) is 44.9. The Labute approximate surface area is 362 Å². The number of hydrogen-bond acceptors (Lipinski definition) is 0. The molecule has 304 valence electrons. The fourth-order valence-corrected chi connectivity index (χ4v) is 6.72. The third-order valence-electron chi connectivity index (χ3n) is 11.0. The number of hydrogen-bond donors (Lipinski definition) is 0. The Morgan fingerprint density at radius 1 is 0.183 bits per heavy atom. The van der Waals surface area contributed by atoms with Crippen LogP contribution in [0.15, 0.2) is 194 Å². The van der Waals surface area contributed by atoms with Gasteiger partial charge in [0, 0.05) is 0 Å². The van der Waals surface area contributed by atoms with Crippen LogP contribution in [0.4, 0.5) is 0 Å². The zero-order valence-corrected chi connectivity index (χ0v) is 37.3. The van der Waals surface area contributed by atoms with Gasteiger partial charge < -0.3 is 0 Å². The number of rotatable bonds is 8. The third-order valence-corrected chi connectivity index (χ3v) is 11.0. The third kappa shape index (κ3) is 14.0. The fraction of sp³-hybridized carbons (Fsp3) is 0.200. The second-order valence-corrected chi connectivity index (χ2v) is 15.7. The predicted molar refractivity (Wildman–Crippen MR) is 264 cm³/mol. The maximum atomic E-state index is 2.20. The lowest BCUT2D eigenvalue weighted by Crippen LogP contribution is -1.81. The Morgan fingerprint density at radius 3 is 0.417 bits per heavy atom. The van der Waals surface area contributed by atoms with Crippen LogP contribution in [0.5, 0.6) is 0 Å². The van der Waals surface area contributed by atoms with Crippen LogP contribution in [-0.2, 0) is 25.7 Å². The molecular weight excluding hydrogens is 721 g/mol. The molecule has 8 rings (SSSR count). The molecule has 0 heterocycles. The molecule has 0 radical (unpaired) electrons. The molecule has 0 saturated heterocycles. The van der Waals surface area contributed by atoms with E-state index in [2.05, 4.69) is 250 Å². The van der Waals surface area contributed by atoms with Crippen molar-refractivity contribution in [1.29, 1.82) is 0 Å². The molecule has 0 fully saturated rings. The first-order valence-electron chi connectivity index (χ1n) is 21.8. The van der Waals surface area contributed by atoms with E-state index in [1.54, 1.807) is 0 Å². The van der Waals surface area contributed by atoms with Crippen molar-refractivity contribution < 1.29 is 0 Å². The highest BCUT2D eigenvalue weighted by atomic mass is 14.1. The number of aryl methyl sites for hydroxylation is 8. The molecule has 0 atom stereocenters. The van der Waals surface area contributed by atoms with Crippen molar-refractivity contribution in [3.63, 3.8) is 0 Å². The van der Waals surface area contributed by atoms with E-state index in [1.807, 2.05) is 0 Å². The van der Waals surface area contributed by atoms with Crippen molar-refractivity contribution in [2.24, 2.45) is 0 Å². The monoisotopic (exact) mass is 785 g/mol. The van der Waals surface area contributed by atoms with E-state index in [-0.39, 0.29) is 0 Å². The van der Waals surface area contributed by atoms with E-state index in [4.69, 9.17) is 0 Å². The summed E-state index contributed by atoms with van der Waals surface area (Å²) < 4.78 is 0. The zero-order chi connectivity index (χ0) is 42.7. The molecule has 0 amide bonds. The van der Waals surface area contributed by atoms with Crippen LogP contribution in [0.25, 0.3) is 44.5 Å².